The molecular formula is C24H27N5O2. The molecule has 160 valence electrons. The number of H-pyrrole nitrogens is 1. The van der Waals surface area contributed by atoms with Gasteiger partial charge in [0.25, 0.3) is 5.56 Å². The smallest absolute Gasteiger partial charge is 0.282 e. The second-order valence-corrected chi connectivity index (χ2v) is 8.31. The average molecular weight is 418 g/mol. The van der Waals surface area contributed by atoms with Gasteiger partial charge in [-0.1, -0.05) is 0 Å². The van der Waals surface area contributed by atoms with Crippen LogP contribution in [0.4, 0.5) is 5.69 Å². The fourth-order valence-electron chi connectivity index (χ4n) is 4.34. The predicted molar refractivity (Wildman–Crippen MR) is 124 cm³/mol. The lowest BCUT2D eigenvalue weighted by Gasteiger charge is -2.38. The zero-order chi connectivity index (χ0) is 21.5. The summed E-state index contributed by atoms with van der Waals surface area (Å²) in [5.74, 6) is 0.744. The minimum absolute atomic E-state index is 0.130. The highest BCUT2D eigenvalue weighted by Crippen LogP contribution is 2.30. The van der Waals surface area contributed by atoms with Crippen molar-refractivity contribution in [1.29, 1.82) is 0 Å². The number of hydrogen-bond donors (Lipinski definition) is 1. The number of aromatic nitrogens is 3. The van der Waals surface area contributed by atoms with Crippen molar-refractivity contribution >= 4 is 16.6 Å². The van der Waals surface area contributed by atoms with Gasteiger partial charge in [-0.25, -0.2) is 0 Å². The molecule has 7 nitrogen and oxygen atoms in total. The molecule has 3 aliphatic rings. The number of pyridine rings is 1. The van der Waals surface area contributed by atoms with Gasteiger partial charge >= 0.3 is 0 Å². The van der Waals surface area contributed by atoms with E-state index in [1.165, 1.54) is 10.4 Å². The van der Waals surface area contributed by atoms with Crippen LogP contribution in [0.2, 0.25) is 0 Å². The maximum Gasteiger partial charge on any atom is 0.282 e. The molecule has 0 aromatic heterocycles. The van der Waals surface area contributed by atoms with Gasteiger partial charge in [0, 0.05) is 55.0 Å². The Morgan fingerprint density at radius 3 is 2.39 bits per heavy atom. The summed E-state index contributed by atoms with van der Waals surface area (Å²) in [6.07, 6.45) is 1.76. The summed E-state index contributed by atoms with van der Waals surface area (Å²) >= 11 is 0. The van der Waals surface area contributed by atoms with Crippen LogP contribution in [-0.4, -0.2) is 59.0 Å². The highest BCUT2D eigenvalue weighted by Gasteiger charge is 2.22. The Morgan fingerprint density at radius 2 is 1.71 bits per heavy atom. The number of fused-ring (bicyclic) bond motifs is 3. The van der Waals surface area contributed by atoms with E-state index >= 15 is 0 Å². The van der Waals surface area contributed by atoms with E-state index in [9.17, 15) is 4.79 Å². The molecule has 0 unspecified atom stereocenters. The van der Waals surface area contributed by atoms with E-state index < -0.39 is 0 Å². The van der Waals surface area contributed by atoms with Crippen molar-refractivity contribution in [3.63, 3.8) is 0 Å². The third kappa shape index (κ3) is 3.45. The molecule has 0 aliphatic carbocycles. The quantitative estimate of drug-likeness (QED) is 0.552. The Labute approximate surface area is 181 Å². The van der Waals surface area contributed by atoms with E-state index in [0.29, 0.717) is 11.6 Å². The summed E-state index contributed by atoms with van der Waals surface area (Å²) in [4.78, 5) is 21.2. The Morgan fingerprint density at radius 1 is 1.00 bits per heavy atom. The first-order valence-electron chi connectivity index (χ1n) is 10.7. The van der Waals surface area contributed by atoms with E-state index in [1.54, 1.807) is 13.3 Å². The van der Waals surface area contributed by atoms with Gasteiger partial charge in [-0.15, -0.1) is 0 Å². The Hall–Kier alpha value is -3.32. The number of nitrogens with one attached hydrogen (secondary N) is 1. The van der Waals surface area contributed by atoms with Crippen molar-refractivity contribution in [2.45, 2.75) is 19.9 Å². The third-order valence-corrected chi connectivity index (χ3v) is 6.23. The van der Waals surface area contributed by atoms with E-state index in [-0.39, 0.29) is 5.56 Å². The van der Waals surface area contributed by atoms with Crippen molar-refractivity contribution in [3.8, 4) is 22.7 Å². The molecule has 7 heteroatoms. The fourth-order valence-corrected chi connectivity index (χ4v) is 4.34. The molecule has 0 saturated carbocycles. The van der Waals surface area contributed by atoms with Gasteiger partial charge in [0.05, 0.1) is 18.4 Å². The van der Waals surface area contributed by atoms with Crippen LogP contribution in [0.25, 0.3) is 27.8 Å². The van der Waals surface area contributed by atoms with Gasteiger partial charge in [-0.3, -0.25) is 9.69 Å². The first-order valence-corrected chi connectivity index (χ1v) is 10.7. The maximum atomic E-state index is 13.0. The summed E-state index contributed by atoms with van der Waals surface area (Å²) in [7, 11) is 1.62. The average Bonchev–Trinajstić information content (AvgIpc) is 3.15. The van der Waals surface area contributed by atoms with E-state index in [4.69, 9.17) is 9.84 Å². The van der Waals surface area contributed by atoms with Crippen molar-refractivity contribution < 1.29 is 4.74 Å². The summed E-state index contributed by atoms with van der Waals surface area (Å²) in [5, 5.41) is 5.67. The largest absolute Gasteiger partial charge is 0.497 e. The van der Waals surface area contributed by atoms with Gasteiger partial charge in [0.1, 0.15) is 11.4 Å². The Bertz CT molecular complexity index is 1230. The molecule has 0 bridgehead atoms. The number of hydrogen-bond acceptors (Lipinski definition) is 5. The molecule has 1 fully saturated rings. The zero-order valence-corrected chi connectivity index (χ0v) is 18.1. The first kappa shape index (κ1) is 19.6. The molecule has 1 N–H and O–H groups in total. The summed E-state index contributed by atoms with van der Waals surface area (Å²) in [5.41, 5.74) is 4.03. The van der Waals surface area contributed by atoms with E-state index in [0.717, 1.165) is 54.2 Å². The van der Waals surface area contributed by atoms with Crippen molar-refractivity contribution in [1.82, 2.24) is 19.7 Å². The summed E-state index contributed by atoms with van der Waals surface area (Å²) in [6.45, 7) is 8.61. The normalized spacial score (nSPS) is 15.3. The molecule has 0 atom stereocenters. The van der Waals surface area contributed by atoms with E-state index in [1.807, 2.05) is 24.3 Å². The molecule has 1 saturated heterocycles. The topological polar surface area (TPSA) is 66.4 Å². The molecule has 2 aromatic rings. The molecule has 31 heavy (non-hydrogen) atoms. The van der Waals surface area contributed by atoms with Crippen LogP contribution >= 0.6 is 0 Å². The lowest BCUT2D eigenvalue weighted by Crippen LogP contribution is -2.48. The second kappa shape index (κ2) is 7.74. The molecular weight excluding hydrogens is 390 g/mol. The number of methoxy groups -OCH3 is 1. The Balaban J connectivity index is 1.54. The standard InChI is InChI=1S/C24H27N5O2/c1-16(2)27-10-12-28(13-11-27)18-6-9-22-20(14-18)23-21(15-25-22)24(30)29(26-23)17-4-7-19(31-3)8-5-17/h4-9,14-16,25H,10-13H2,1-3H3. The van der Waals surface area contributed by atoms with Crippen LogP contribution in [-0.2, 0) is 0 Å². The van der Waals surface area contributed by atoms with Crippen LogP contribution in [0.1, 0.15) is 13.8 Å². The minimum Gasteiger partial charge on any atom is -0.497 e. The van der Waals surface area contributed by atoms with Crippen LogP contribution in [0.3, 0.4) is 0 Å². The maximum absolute atomic E-state index is 13.0. The molecule has 0 amide bonds. The minimum atomic E-state index is -0.130. The SMILES string of the molecule is COc1ccc(-n2nc3c4cc(N5CCN(C(C)C)CC5)ccc4[nH]cc-3c2=O)cc1. The highest BCUT2D eigenvalue weighted by molar-refractivity contribution is 5.95. The van der Waals surface area contributed by atoms with Gasteiger partial charge in [-0.2, -0.15) is 9.78 Å². The number of nitrogens with zero attached hydrogens (tertiary/aromatic N) is 4. The van der Waals surface area contributed by atoms with Crippen LogP contribution in [0, 0.1) is 0 Å². The number of aromatic amines is 1. The molecule has 0 radical (unpaired) electrons. The number of anilines is 1. The predicted octanol–water partition coefficient (Wildman–Crippen LogP) is 3.36. The van der Waals surface area contributed by atoms with Gasteiger partial charge in [0.15, 0.2) is 0 Å². The van der Waals surface area contributed by atoms with Crippen molar-refractivity contribution in [3.05, 3.63) is 59.0 Å². The second-order valence-electron chi connectivity index (χ2n) is 8.31. The lowest BCUT2D eigenvalue weighted by molar-refractivity contribution is 0.209. The van der Waals surface area contributed by atoms with Crippen LogP contribution in [0.5, 0.6) is 5.75 Å². The highest BCUT2D eigenvalue weighted by atomic mass is 16.5. The molecule has 3 heterocycles. The number of ether oxygens (including phenoxy) is 1. The van der Waals surface area contributed by atoms with Crippen molar-refractivity contribution in [2.24, 2.45) is 0 Å². The molecule has 5 rings (SSSR count). The zero-order valence-electron chi connectivity index (χ0n) is 18.1. The summed E-state index contributed by atoms with van der Waals surface area (Å²) < 4.78 is 6.69. The fraction of sp³-hybridized carbons (Fsp3) is 0.333. The molecule has 0 spiro atoms. The van der Waals surface area contributed by atoms with Crippen LogP contribution in [0.15, 0.2) is 53.5 Å². The third-order valence-electron chi connectivity index (χ3n) is 6.23. The van der Waals surface area contributed by atoms with Gasteiger partial charge in [-0.05, 0) is 56.3 Å². The lowest BCUT2D eigenvalue weighted by atomic mass is 10.1. The number of piperazine rings is 1. The number of rotatable bonds is 4. The monoisotopic (exact) mass is 417 g/mol. The van der Waals surface area contributed by atoms with Crippen molar-refractivity contribution in [2.75, 3.05) is 38.2 Å². The first-order chi connectivity index (χ1) is 15.0. The van der Waals surface area contributed by atoms with E-state index in [2.05, 4.69) is 46.8 Å². The van der Waals surface area contributed by atoms with Gasteiger partial charge in [0.2, 0.25) is 0 Å². The molecule has 3 aliphatic heterocycles. The van der Waals surface area contributed by atoms with Gasteiger partial charge < -0.3 is 14.6 Å². The molecule has 2 aromatic carbocycles. The van der Waals surface area contributed by atoms with Crippen LogP contribution < -0.4 is 15.2 Å². The Kier molecular flexibility index (Phi) is 4.90. The summed E-state index contributed by atoms with van der Waals surface area (Å²) in [6, 6.07) is 14.3. The number of benzene rings is 2.